The Hall–Kier alpha value is 0.0300. The van der Waals surface area contributed by atoms with Crippen LogP contribution in [0.15, 0.2) is 0 Å². The van der Waals surface area contributed by atoms with E-state index in [1.54, 1.807) is 0 Å². The van der Waals surface area contributed by atoms with Gasteiger partial charge in [0.05, 0.1) is 6.10 Å². The third-order valence-corrected chi connectivity index (χ3v) is 3.23. The normalized spacial score (nSPS) is 15.8. The zero-order chi connectivity index (χ0) is 13.3. The topological polar surface area (TPSA) is 116 Å². The van der Waals surface area contributed by atoms with Gasteiger partial charge in [-0.15, -0.1) is 0 Å². The summed E-state index contributed by atoms with van der Waals surface area (Å²) in [5, 5.41) is 11.6. The Labute approximate surface area is 103 Å². The summed E-state index contributed by atoms with van der Waals surface area (Å²) >= 11 is 0. The molecule has 0 aliphatic carbocycles. The molecule has 0 aromatic carbocycles. The molecule has 0 rings (SSSR count). The fraction of sp³-hybridized carbons (Fsp3) is 1.00. The van der Waals surface area contributed by atoms with Crippen LogP contribution in [0.3, 0.4) is 0 Å². The number of nitrogens with two attached hydrogens (primary N) is 1. The summed E-state index contributed by atoms with van der Waals surface area (Å²) in [6.45, 7) is 2.05. The molecule has 6 N–H and O–H groups in total. The Bertz CT molecular complexity index is 234. The molecule has 104 valence electrons. The summed E-state index contributed by atoms with van der Waals surface area (Å²) in [7, 11) is -4.24. The number of hydrogen-bond acceptors (Lipinski definition) is 3. The molecule has 0 radical (unpaired) electrons. The zero-order valence-electron chi connectivity index (χ0n) is 10.4. The van der Waals surface area contributed by atoms with Crippen molar-refractivity contribution in [2.24, 2.45) is 5.73 Å². The summed E-state index contributed by atoms with van der Waals surface area (Å²) < 4.78 is 10.5. The Balaban J connectivity index is 3.60. The van der Waals surface area contributed by atoms with Crippen LogP contribution in [0.1, 0.15) is 45.4 Å². The lowest BCUT2D eigenvalue weighted by molar-refractivity contribution is 0.132. The van der Waals surface area contributed by atoms with E-state index in [-0.39, 0.29) is 6.54 Å². The van der Waals surface area contributed by atoms with Crippen molar-refractivity contribution in [1.82, 2.24) is 5.09 Å². The maximum atomic E-state index is 10.5. The highest BCUT2D eigenvalue weighted by atomic mass is 31.2. The van der Waals surface area contributed by atoms with E-state index >= 15 is 0 Å². The smallest absolute Gasteiger partial charge is 0.391 e. The van der Waals surface area contributed by atoms with Crippen molar-refractivity contribution in [3.63, 3.8) is 0 Å². The third kappa shape index (κ3) is 10.9. The van der Waals surface area contributed by atoms with Gasteiger partial charge in [-0.2, -0.15) is 0 Å². The Morgan fingerprint density at radius 2 is 1.82 bits per heavy atom. The van der Waals surface area contributed by atoms with E-state index in [4.69, 9.17) is 15.5 Å². The summed E-state index contributed by atoms with van der Waals surface area (Å²) in [6, 6.07) is -0.645. The average Bonchev–Trinajstić information content (AvgIpc) is 2.24. The zero-order valence-corrected chi connectivity index (χ0v) is 11.3. The van der Waals surface area contributed by atoms with E-state index in [1.807, 2.05) is 5.09 Å². The van der Waals surface area contributed by atoms with Crippen LogP contribution in [0.25, 0.3) is 0 Å². The number of hydrogen-bond donors (Lipinski definition) is 5. The van der Waals surface area contributed by atoms with E-state index in [2.05, 4.69) is 6.92 Å². The molecule has 0 saturated heterocycles. The van der Waals surface area contributed by atoms with E-state index in [9.17, 15) is 9.67 Å². The second-order valence-corrected chi connectivity index (χ2v) is 5.74. The Morgan fingerprint density at radius 1 is 1.24 bits per heavy atom. The average molecular weight is 268 g/mol. The van der Waals surface area contributed by atoms with Gasteiger partial charge in [0.2, 0.25) is 0 Å². The van der Waals surface area contributed by atoms with Gasteiger partial charge in [0.25, 0.3) is 0 Å². The maximum absolute atomic E-state index is 10.5. The molecule has 0 heterocycles. The highest BCUT2D eigenvalue weighted by Crippen LogP contribution is 2.27. The van der Waals surface area contributed by atoms with Crippen molar-refractivity contribution in [2.75, 3.05) is 6.54 Å². The molecular formula is C10H25N2O4P. The molecule has 0 bridgehead atoms. The molecule has 0 aromatic heterocycles. The third-order valence-electron chi connectivity index (χ3n) is 2.63. The molecule has 0 saturated carbocycles. The molecule has 0 unspecified atom stereocenters. The molecule has 0 fully saturated rings. The lowest BCUT2D eigenvalue weighted by atomic mass is 10.0. The lowest BCUT2D eigenvalue weighted by Crippen LogP contribution is -2.42. The number of rotatable bonds is 10. The first-order valence-electron chi connectivity index (χ1n) is 6.11. The monoisotopic (exact) mass is 268 g/mol. The van der Waals surface area contributed by atoms with Gasteiger partial charge in [0, 0.05) is 12.6 Å². The van der Waals surface area contributed by atoms with Crippen LogP contribution in [0.4, 0.5) is 0 Å². The molecule has 0 amide bonds. The largest absolute Gasteiger partial charge is 0.400 e. The van der Waals surface area contributed by atoms with Gasteiger partial charge in [-0.1, -0.05) is 39.0 Å². The first kappa shape index (κ1) is 17.0. The van der Waals surface area contributed by atoms with Crippen molar-refractivity contribution >= 4 is 7.75 Å². The van der Waals surface area contributed by atoms with E-state index in [1.165, 1.54) is 12.8 Å². The standard InChI is InChI=1S/C10H25N2O4P/c1-2-3-4-5-6-7-10(13)9(11)8-12-17(14,15)16/h9-10,13H,2-8,11H2,1H3,(H3,12,14,15,16)/t9-,10+/m0/s1. The number of nitrogens with one attached hydrogen (secondary N) is 1. The summed E-state index contributed by atoms with van der Waals surface area (Å²) in [5.41, 5.74) is 5.61. The van der Waals surface area contributed by atoms with Gasteiger partial charge in [0.15, 0.2) is 0 Å². The maximum Gasteiger partial charge on any atom is 0.400 e. The molecule has 0 aromatic rings. The van der Waals surface area contributed by atoms with E-state index in [0.717, 1.165) is 19.3 Å². The minimum absolute atomic E-state index is 0.0829. The fourth-order valence-electron chi connectivity index (χ4n) is 1.53. The van der Waals surface area contributed by atoms with Crippen molar-refractivity contribution < 1.29 is 19.5 Å². The van der Waals surface area contributed by atoms with Crippen LogP contribution in [-0.4, -0.2) is 33.6 Å². The Morgan fingerprint density at radius 3 is 2.35 bits per heavy atom. The highest BCUT2D eigenvalue weighted by molar-refractivity contribution is 7.49. The molecular weight excluding hydrogens is 243 g/mol. The molecule has 2 atom stereocenters. The van der Waals surface area contributed by atoms with Crippen molar-refractivity contribution in [2.45, 2.75) is 57.6 Å². The van der Waals surface area contributed by atoms with Gasteiger partial charge >= 0.3 is 7.75 Å². The number of aliphatic hydroxyl groups is 1. The number of aliphatic hydroxyl groups excluding tert-OH is 1. The minimum Gasteiger partial charge on any atom is -0.391 e. The van der Waals surface area contributed by atoms with E-state index < -0.39 is 19.9 Å². The summed E-state index contributed by atoms with van der Waals surface area (Å²) in [6.07, 6.45) is 5.34. The van der Waals surface area contributed by atoms with Gasteiger partial charge in [-0.25, -0.2) is 9.65 Å². The summed E-state index contributed by atoms with van der Waals surface area (Å²) in [5.74, 6) is 0. The quantitative estimate of drug-likeness (QED) is 0.294. The van der Waals surface area contributed by atoms with E-state index in [0.29, 0.717) is 6.42 Å². The van der Waals surface area contributed by atoms with Crippen molar-refractivity contribution in [1.29, 1.82) is 0 Å². The van der Waals surface area contributed by atoms with Crippen LogP contribution in [0, 0.1) is 0 Å². The van der Waals surface area contributed by atoms with Crippen LogP contribution in [0.2, 0.25) is 0 Å². The van der Waals surface area contributed by atoms with Gasteiger partial charge < -0.3 is 20.6 Å². The predicted molar refractivity (Wildman–Crippen MR) is 67.4 cm³/mol. The second kappa shape index (κ2) is 9.03. The van der Waals surface area contributed by atoms with Crippen LogP contribution < -0.4 is 10.8 Å². The molecule has 0 spiro atoms. The summed E-state index contributed by atoms with van der Waals surface area (Å²) in [4.78, 5) is 17.2. The van der Waals surface area contributed by atoms with Crippen LogP contribution in [-0.2, 0) is 4.57 Å². The van der Waals surface area contributed by atoms with Crippen LogP contribution >= 0.6 is 7.75 Å². The van der Waals surface area contributed by atoms with Crippen molar-refractivity contribution in [3.05, 3.63) is 0 Å². The van der Waals surface area contributed by atoms with Gasteiger partial charge in [-0.05, 0) is 6.42 Å². The molecule has 7 heteroatoms. The fourth-order valence-corrected chi connectivity index (χ4v) is 1.98. The molecule has 0 aliphatic rings. The highest BCUT2D eigenvalue weighted by Gasteiger charge is 2.18. The van der Waals surface area contributed by atoms with Crippen molar-refractivity contribution in [3.8, 4) is 0 Å². The van der Waals surface area contributed by atoms with Gasteiger partial charge in [-0.3, -0.25) is 0 Å². The van der Waals surface area contributed by atoms with Gasteiger partial charge in [0.1, 0.15) is 0 Å². The Kier molecular flexibility index (Phi) is 9.04. The molecule has 17 heavy (non-hydrogen) atoms. The first-order valence-corrected chi connectivity index (χ1v) is 7.72. The lowest BCUT2D eigenvalue weighted by Gasteiger charge is -2.19. The number of unbranched alkanes of at least 4 members (excludes halogenated alkanes) is 4. The minimum atomic E-state index is -4.24. The first-order chi connectivity index (χ1) is 7.87. The second-order valence-electron chi connectivity index (χ2n) is 4.34. The molecule has 0 aliphatic heterocycles. The molecule has 6 nitrogen and oxygen atoms in total. The predicted octanol–water partition coefficient (Wildman–Crippen LogP) is 0.717. The SMILES string of the molecule is CCCCCCC[C@@H](O)[C@@H](N)CNP(=O)(O)O. The van der Waals surface area contributed by atoms with Crippen LogP contribution in [0.5, 0.6) is 0 Å².